The SMILES string of the molecule is COC(=O)CCCCCCC(O)=C1C(=O)CCC1=O. The summed E-state index contributed by atoms with van der Waals surface area (Å²) in [6.07, 6.45) is 4.36. The molecule has 0 amide bonds. The van der Waals surface area contributed by atoms with Crippen LogP contribution in [0.2, 0.25) is 0 Å². The van der Waals surface area contributed by atoms with E-state index in [4.69, 9.17) is 0 Å². The van der Waals surface area contributed by atoms with Crippen molar-refractivity contribution < 1.29 is 24.2 Å². The summed E-state index contributed by atoms with van der Waals surface area (Å²) in [6.45, 7) is 0. The van der Waals surface area contributed by atoms with Crippen molar-refractivity contribution in [1.82, 2.24) is 0 Å². The summed E-state index contributed by atoms with van der Waals surface area (Å²) in [5.41, 5.74) is 0.00885. The fourth-order valence-electron chi connectivity index (χ4n) is 2.10. The Balaban J connectivity index is 2.22. The Morgan fingerprint density at radius 1 is 1.05 bits per heavy atom. The summed E-state index contributed by atoms with van der Waals surface area (Å²) < 4.78 is 4.52. The number of methoxy groups -OCH3 is 1. The van der Waals surface area contributed by atoms with Crippen LogP contribution in [0.25, 0.3) is 0 Å². The smallest absolute Gasteiger partial charge is 0.305 e. The molecule has 1 aliphatic rings. The van der Waals surface area contributed by atoms with Crippen molar-refractivity contribution in [1.29, 1.82) is 0 Å². The molecule has 1 saturated carbocycles. The Morgan fingerprint density at radius 2 is 1.58 bits per heavy atom. The summed E-state index contributed by atoms with van der Waals surface area (Å²) in [7, 11) is 1.36. The van der Waals surface area contributed by atoms with Crippen LogP contribution in [0.4, 0.5) is 0 Å². The predicted octanol–water partition coefficient (Wildman–Crippen LogP) is 2.24. The van der Waals surface area contributed by atoms with E-state index in [1.54, 1.807) is 0 Å². The van der Waals surface area contributed by atoms with E-state index in [1.807, 2.05) is 0 Å². The first-order chi connectivity index (χ1) is 9.06. The molecule has 0 bridgehead atoms. The maximum Gasteiger partial charge on any atom is 0.305 e. The molecule has 0 aromatic carbocycles. The molecule has 1 rings (SSSR count). The second kappa shape index (κ2) is 7.71. The molecule has 1 aliphatic carbocycles. The second-order valence-electron chi connectivity index (χ2n) is 4.66. The molecule has 1 N–H and O–H groups in total. The van der Waals surface area contributed by atoms with Crippen LogP contribution in [-0.2, 0) is 19.1 Å². The number of unbranched alkanes of at least 4 members (excludes halogenated alkanes) is 3. The average molecular weight is 268 g/mol. The molecule has 0 radical (unpaired) electrons. The van der Waals surface area contributed by atoms with Gasteiger partial charge in [-0.1, -0.05) is 12.8 Å². The number of carbonyl (C=O) groups excluding carboxylic acids is 3. The van der Waals surface area contributed by atoms with Crippen molar-refractivity contribution in [2.24, 2.45) is 0 Å². The second-order valence-corrected chi connectivity index (χ2v) is 4.66. The van der Waals surface area contributed by atoms with Gasteiger partial charge in [0.05, 0.1) is 12.7 Å². The van der Waals surface area contributed by atoms with E-state index in [2.05, 4.69) is 4.74 Å². The molecule has 0 unspecified atom stereocenters. The molecule has 0 aromatic rings. The Labute approximate surface area is 112 Å². The third-order valence-corrected chi connectivity index (χ3v) is 3.20. The van der Waals surface area contributed by atoms with Crippen molar-refractivity contribution in [2.75, 3.05) is 7.11 Å². The van der Waals surface area contributed by atoms with E-state index in [0.717, 1.165) is 19.3 Å². The van der Waals surface area contributed by atoms with E-state index >= 15 is 0 Å². The van der Waals surface area contributed by atoms with Crippen molar-refractivity contribution in [3.05, 3.63) is 11.3 Å². The normalized spacial score (nSPS) is 14.9. The summed E-state index contributed by atoms with van der Waals surface area (Å²) >= 11 is 0. The quantitative estimate of drug-likeness (QED) is 0.252. The van der Waals surface area contributed by atoms with E-state index in [0.29, 0.717) is 19.3 Å². The van der Waals surface area contributed by atoms with Gasteiger partial charge in [-0.15, -0.1) is 0 Å². The van der Waals surface area contributed by atoms with Crippen LogP contribution in [0.1, 0.15) is 51.4 Å². The molecule has 1 fully saturated rings. The van der Waals surface area contributed by atoms with Gasteiger partial charge in [0.15, 0.2) is 11.6 Å². The van der Waals surface area contributed by atoms with Gasteiger partial charge in [0.1, 0.15) is 5.76 Å². The lowest BCUT2D eigenvalue weighted by atomic mass is 10.1. The van der Waals surface area contributed by atoms with Gasteiger partial charge in [-0.05, 0) is 12.8 Å². The minimum absolute atomic E-state index is 0.00885. The molecular formula is C14H20O5. The number of ether oxygens (including phenoxy) is 1. The summed E-state index contributed by atoms with van der Waals surface area (Å²) in [6, 6.07) is 0. The number of carbonyl (C=O) groups is 3. The molecule has 0 aliphatic heterocycles. The molecule has 0 aromatic heterocycles. The van der Waals surface area contributed by atoms with Gasteiger partial charge in [0.2, 0.25) is 0 Å². The molecule has 0 saturated heterocycles. The minimum atomic E-state index is -0.242. The van der Waals surface area contributed by atoms with Gasteiger partial charge in [0.25, 0.3) is 0 Å². The van der Waals surface area contributed by atoms with Crippen molar-refractivity contribution in [3.8, 4) is 0 Å². The maximum atomic E-state index is 11.4. The number of aliphatic hydroxyl groups is 1. The lowest BCUT2D eigenvalue weighted by Gasteiger charge is -2.03. The first-order valence-corrected chi connectivity index (χ1v) is 6.61. The number of hydrogen-bond donors (Lipinski definition) is 1. The maximum absolute atomic E-state index is 11.4. The predicted molar refractivity (Wildman–Crippen MR) is 68.6 cm³/mol. The monoisotopic (exact) mass is 268 g/mol. The van der Waals surface area contributed by atoms with Crippen molar-refractivity contribution >= 4 is 17.5 Å². The molecule has 106 valence electrons. The Kier molecular flexibility index (Phi) is 6.25. The summed E-state index contributed by atoms with van der Waals surface area (Å²) in [5, 5.41) is 9.74. The van der Waals surface area contributed by atoms with Crippen LogP contribution in [0.15, 0.2) is 11.3 Å². The number of ketones is 2. The third-order valence-electron chi connectivity index (χ3n) is 3.20. The van der Waals surface area contributed by atoms with Crippen LogP contribution in [-0.4, -0.2) is 29.8 Å². The van der Waals surface area contributed by atoms with E-state index < -0.39 is 0 Å². The van der Waals surface area contributed by atoms with Gasteiger partial charge in [0, 0.05) is 25.7 Å². The molecule has 19 heavy (non-hydrogen) atoms. The number of esters is 1. The highest BCUT2D eigenvalue weighted by Crippen LogP contribution is 2.22. The Morgan fingerprint density at radius 3 is 2.11 bits per heavy atom. The van der Waals surface area contributed by atoms with E-state index in [9.17, 15) is 19.5 Å². The first kappa shape index (κ1) is 15.4. The first-order valence-electron chi connectivity index (χ1n) is 6.61. The fourth-order valence-corrected chi connectivity index (χ4v) is 2.10. The fraction of sp³-hybridized carbons (Fsp3) is 0.643. The van der Waals surface area contributed by atoms with Crippen LogP contribution in [0, 0.1) is 0 Å². The number of rotatable bonds is 7. The van der Waals surface area contributed by atoms with Crippen LogP contribution < -0.4 is 0 Å². The van der Waals surface area contributed by atoms with E-state index in [-0.39, 0.29) is 41.7 Å². The zero-order valence-corrected chi connectivity index (χ0v) is 11.2. The zero-order valence-electron chi connectivity index (χ0n) is 11.2. The van der Waals surface area contributed by atoms with Gasteiger partial charge in [-0.25, -0.2) is 0 Å². The average Bonchev–Trinajstić information content (AvgIpc) is 2.72. The molecule has 0 heterocycles. The largest absolute Gasteiger partial charge is 0.511 e. The Bertz CT molecular complexity index is 377. The van der Waals surface area contributed by atoms with Gasteiger partial charge in [-0.2, -0.15) is 0 Å². The molecular weight excluding hydrogens is 248 g/mol. The highest BCUT2D eigenvalue weighted by Gasteiger charge is 2.29. The van der Waals surface area contributed by atoms with Gasteiger partial charge >= 0.3 is 5.97 Å². The van der Waals surface area contributed by atoms with Crippen LogP contribution in [0.3, 0.4) is 0 Å². The molecule has 5 nitrogen and oxygen atoms in total. The molecule has 0 atom stereocenters. The van der Waals surface area contributed by atoms with Crippen LogP contribution in [0.5, 0.6) is 0 Å². The molecule has 0 spiro atoms. The van der Waals surface area contributed by atoms with E-state index in [1.165, 1.54) is 7.11 Å². The number of hydrogen-bond acceptors (Lipinski definition) is 5. The highest BCUT2D eigenvalue weighted by molar-refractivity contribution is 6.25. The van der Waals surface area contributed by atoms with Gasteiger partial charge < -0.3 is 9.84 Å². The number of Topliss-reactive ketones (excluding diaryl/α,β-unsaturated/α-hetero) is 2. The number of aliphatic hydroxyl groups excluding tert-OH is 1. The summed E-state index contributed by atoms with van der Waals surface area (Å²) in [4.78, 5) is 33.6. The lowest BCUT2D eigenvalue weighted by molar-refractivity contribution is -0.140. The minimum Gasteiger partial charge on any atom is -0.511 e. The lowest BCUT2D eigenvalue weighted by Crippen LogP contribution is -2.04. The van der Waals surface area contributed by atoms with Crippen molar-refractivity contribution in [2.45, 2.75) is 51.4 Å². The zero-order chi connectivity index (χ0) is 14.3. The van der Waals surface area contributed by atoms with Gasteiger partial charge in [-0.3, -0.25) is 14.4 Å². The topological polar surface area (TPSA) is 80.7 Å². The standard InChI is InChI=1S/C14H20O5/c1-19-13(18)7-5-3-2-4-6-10(15)14-11(16)8-9-12(14)17/h15H,2-9H2,1H3. The van der Waals surface area contributed by atoms with Crippen molar-refractivity contribution in [3.63, 3.8) is 0 Å². The Hall–Kier alpha value is -1.65. The number of allylic oxidation sites excluding steroid dienone is 2. The highest BCUT2D eigenvalue weighted by atomic mass is 16.5. The van der Waals surface area contributed by atoms with Crippen LogP contribution >= 0.6 is 0 Å². The third kappa shape index (κ3) is 4.85. The summed E-state index contributed by atoms with van der Waals surface area (Å²) in [5.74, 6) is -0.769. The molecule has 5 heteroatoms.